The van der Waals surface area contributed by atoms with Crippen LogP contribution in [0.3, 0.4) is 0 Å². The maximum absolute atomic E-state index is 13.5. The van der Waals surface area contributed by atoms with E-state index in [2.05, 4.69) is 15.1 Å². The number of rotatable bonds is 7. The number of ketones is 1. The lowest BCUT2D eigenvalue weighted by Gasteiger charge is -2.43. The summed E-state index contributed by atoms with van der Waals surface area (Å²) in [6.07, 6.45) is -1.43. The fraction of sp³-hybridized carbons (Fsp3) is 0.536. The lowest BCUT2D eigenvalue weighted by Crippen LogP contribution is -2.52. The zero-order valence-electron chi connectivity index (χ0n) is 21.9. The Morgan fingerprint density at radius 2 is 1.79 bits per heavy atom. The molecule has 0 amide bonds. The van der Waals surface area contributed by atoms with Gasteiger partial charge in [0.2, 0.25) is 0 Å². The molecule has 2 aliphatic rings. The van der Waals surface area contributed by atoms with E-state index in [1.54, 1.807) is 4.52 Å². The van der Waals surface area contributed by atoms with E-state index in [0.29, 0.717) is 17.2 Å². The van der Waals surface area contributed by atoms with Crippen LogP contribution in [-0.4, -0.2) is 48.2 Å². The second-order valence-corrected chi connectivity index (χ2v) is 10.9. The Bertz CT molecular complexity index is 1390. The second kappa shape index (κ2) is 10.2. The molecule has 208 valence electrons. The largest absolute Gasteiger partial charge is 0.508 e. The van der Waals surface area contributed by atoms with Crippen molar-refractivity contribution in [2.75, 3.05) is 0 Å². The van der Waals surface area contributed by atoms with Gasteiger partial charge in [0.25, 0.3) is 5.78 Å². The fourth-order valence-corrected chi connectivity index (χ4v) is 6.13. The molecule has 1 N–H and O–H groups in total. The molecule has 39 heavy (non-hydrogen) atoms. The quantitative estimate of drug-likeness (QED) is 0.337. The molecule has 11 heteroatoms. The molecule has 1 aromatic carbocycles. The van der Waals surface area contributed by atoms with Crippen LogP contribution in [0.25, 0.3) is 5.78 Å². The highest BCUT2D eigenvalue weighted by molar-refractivity contribution is 6.01. The number of alkyl halides is 3. The summed E-state index contributed by atoms with van der Waals surface area (Å²) in [5.74, 6) is -1.43. The highest BCUT2D eigenvalue weighted by atomic mass is 19.4. The minimum absolute atomic E-state index is 0.00756. The number of phenols is 1. The summed E-state index contributed by atoms with van der Waals surface area (Å²) in [7, 11) is 0. The number of hydrogen-bond donors (Lipinski definition) is 1. The van der Waals surface area contributed by atoms with Crippen LogP contribution < -0.4 is 0 Å². The number of carbonyl (C=O) groups excluding carboxylic acids is 2. The first kappa shape index (κ1) is 27.1. The summed E-state index contributed by atoms with van der Waals surface area (Å²) in [4.78, 5) is 35.5. The van der Waals surface area contributed by atoms with Gasteiger partial charge in [-0.05, 0) is 74.8 Å². The van der Waals surface area contributed by atoms with E-state index in [1.807, 2.05) is 19.9 Å². The Labute approximate surface area is 223 Å². The van der Waals surface area contributed by atoms with E-state index in [0.717, 1.165) is 43.1 Å². The van der Waals surface area contributed by atoms with E-state index in [9.17, 15) is 27.9 Å². The van der Waals surface area contributed by atoms with Gasteiger partial charge in [-0.15, -0.1) is 5.10 Å². The van der Waals surface area contributed by atoms with Gasteiger partial charge in [0.1, 0.15) is 17.3 Å². The smallest absolute Gasteiger partial charge is 0.393 e. The minimum Gasteiger partial charge on any atom is -0.508 e. The highest BCUT2D eigenvalue weighted by Crippen LogP contribution is 2.45. The summed E-state index contributed by atoms with van der Waals surface area (Å²) in [6.45, 7) is 3.72. The van der Waals surface area contributed by atoms with Crippen LogP contribution in [0.5, 0.6) is 5.75 Å². The molecule has 2 unspecified atom stereocenters. The van der Waals surface area contributed by atoms with Crippen LogP contribution in [0.1, 0.15) is 66.9 Å². The summed E-state index contributed by atoms with van der Waals surface area (Å²) >= 11 is 0. The Hall–Kier alpha value is -3.50. The number of benzene rings is 1. The van der Waals surface area contributed by atoms with Crippen LogP contribution in [0, 0.1) is 25.7 Å². The van der Waals surface area contributed by atoms with Crippen LogP contribution in [0.15, 0.2) is 24.3 Å². The summed E-state index contributed by atoms with van der Waals surface area (Å²) in [5, 5.41) is 14.4. The molecule has 3 aromatic rings. The average Bonchev–Trinajstić information content (AvgIpc) is 3.49. The van der Waals surface area contributed by atoms with Gasteiger partial charge < -0.3 is 9.84 Å². The number of fused-ring (bicyclic) bond motifs is 1. The lowest BCUT2D eigenvalue weighted by molar-refractivity contribution is -0.185. The van der Waals surface area contributed by atoms with Crippen LogP contribution in [0.2, 0.25) is 0 Å². The molecule has 0 spiro atoms. The van der Waals surface area contributed by atoms with E-state index in [4.69, 9.17) is 4.74 Å². The molecule has 5 rings (SSSR count). The molecule has 1 aliphatic carbocycles. The number of aromatic nitrogens is 4. The van der Waals surface area contributed by atoms with Gasteiger partial charge in [-0.25, -0.2) is 9.50 Å². The van der Waals surface area contributed by atoms with Crippen LogP contribution in [-0.2, 0) is 33.6 Å². The first-order chi connectivity index (χ1) is 18.4. The van der Waals surface area contributed by atoms with Crippen molar-refractivity contribution in [3.05, 3.63) is 52.6 Å². The number of Topliss-reactive ketones (excluding diaryl/α,β-unsaturated/α-hetero) is 1. The first-order valence-electron chi connectivity index (χ1n) is 13.2. The number of hydrogen-bond acceptors (Lipinski definition) is 7. The molecule has 0 radical (unpaired) electrons. The van der Waals surface area contributed by atoms with Crippen molar-refractivity contribution in [3.63, 3.8) is 0 Å². The summed E-state index contributed by atoms with van der Waals surface area (Å²) in [5.41, 5.74) is 1.05. The second-order valence-electron chi connectivity index (χ2n) is 10.9. The van der Waals surface area contributed by atoms with Crippen molar-refractivity contribution in [3.8, 4) is 5.75 Å². The number of cyclic esters (lactones) is 1. The Morgan fingerprint density at radius 3 is 2.49 bits per heavy atom. The third-order valence-corrected chi connectivity index (χ3v) is 7.88. The van der Waals surface area contributed by atoms with E-state index in [-0.39, 0.29) is 48.7 Å². The van der Waals surface area contributed by atoms with Gasteiger partial charge >= 0.3 is 12.1 Å². The Balaban J connectivity index is 1.35. The molecule has 1 saturated carbocycles. The molecular formula is C28H31F3N4O4. The summed E-state index contributed by atoms with van der Waals surface area (Å²) < 4.78 is 46.5. The van der Waals surface area contributed by atoms with Gasteiger partial charge in [0.15, 0.2) is 11.6 Å². The first-order valence-corrected chi connectivity index (χ1v) is 13.2. The van der Waals surface area contributed by atoms with E-state index >= 15 is 0 Å². The zero-order chi connectivity index (χ0) is 27.9. The third-order valence-electron chi connectivity index (χ3n) is 7.88. The number of nitrogens with zero attached hydrogens (tertiary/aromatic N) is 4. The standard InChI is InChI=1S/C28H31F3N4O4/c1-16-9-17(2)35-26(32-16)33-24(34-35)13-22-23(37)15-27(39-25(22)38,20-5-3-4-6-20)8-7-18-10-19(12-21(36)11-18)14-28(29,30)31/h9-12,20,22,36H,3-8,13-15H2,1-2H3. The van der Waals surface area contributed by atoms with Crippen molar-refractivity contribution >= 4 is 17.5 Å². The van der Waals surface area contributed by atoms with Crippen molar-refractivity contribution < 1.29 is 32.6 Å². The predicted octanol–water partition coefficient (Wildman–Crippen LogP) is 4.79. The van der Waals surface area contributed by atoms with Gasteiger partial charge in [0.05, 0.1) is 6.42 Å². The van der Waals surface area contributed by atoms with Crippen LogP contribution >= 0.6 is 0 Å². The monoisotopic (exact) mass is 544 g/mol. The molecule has 2 fully saturated rings. The zero-order valence-corrected chi connectivity index (χ0v) is 21.9. The van der Waals surface area contributed by atoms with Crippen LogP contribution in [0.4, 0.5) is 13.2 Å². The van der Waals surface area contributed by atoms with Gasteiger partial charge in [-0.1, -0.05) is 18.9 Å². The number of aromatic hydroxyl groups is 1. The molecule has 1 aliphatic heterocycles. The third kappa shape index (κ3) is 5.91. The maximum Gasteiger partial charge on any atom is 0.393 e. The van der Waals surface area contributed by atoms with Crippen molar-refractivity contribution in [2.24, 2.45) is 11.8 Å². The molecule has 8 nitrogen and oxygen atoms in total. The fourth-order valence-electron chi connectivity index (χ4n) is 6.13. The molecule has 0 bridgehead atoms. The average molecular weight is 545 g/mol. The minimum atomic E-state index is -4.40. The number of halogens is 3. The summed E-state index contributed by atoms with van der Waals surface area (Å²) in [6, 6.07) is 5.80. The molecular weight excluding hydrogens is 513 g/mol. The van der Waals surface area contributed by atoms with Crippen molar-refractivity contribution in [1.29, 1.82) is 0 Å². The molecule has 3 heterocycles. The number of ether oxygens (including phenoxy) is 1. The normalized spacial score (nSPS) is 22.5. The molecule has 2 atom stereocenters. The Morgan fingerprint density at radius 1 is 1.08 bits per heavy atom. The molecule has 1 saturated heterocycles. The number of aryl methyl sites for hydroxylation is 3. The van der Waals surface area contributed by atoms with Gasteiger partial charge in [-0.2, -0.15) is 18.2 Å². The highest BCUT2D eigenvalue weighted by Gasteiger charge is 2.51. The van der Waals surface area contributed by atoms with Gasteiger partial charge in [0, 0.05) is 24.2 Å². The number of carbonyl (C=O) groups is 2. The van der Waals surface area contributed by atoms with E-state index in [1.165, 1.54) is 12.1 Å². The predicted molar refractivity (Wildman–Crippen MR) is 134 cm³/mol. The topological polar surface area (TPSA) is 107 Å². The van der Waals surface area contributed by atoms with E-state index < -0.39 is 30.1 Å². The van der Waals surface area contributed by atoms with Crippen molar-refractivity contribution in [2.45, 2.75) is 83.4 Å². The number of phenolic OH excluding ortho intramolecular Hbond substituents is 1. The van der Waals surface area contributed by atoms with Gasteiger partial charge in [-0.3, -0.25) is 9.59 Å². The lowest BCUT2D eigenvalue weighted by atomic mass is 9.73. The number of esters is 1. The molecule has 2 aromatic heterocycles. The SMILES string of the molecule is Cc1cc(C)n2nc(CC3C(=O)CC(CCc4cc(O)cc(CC(F)(F)F)c4)(C4CCCC4)OC3=O)nc2n1. The Kier molecular flexibility index (Phi) is 7.11. The van der Waals surface area contributed by atoms with Crippen molar-refractivity contribution in [1.82, 2.24) is 19.6 Å². The maximum atomic E-state index is 13.5.